The topological polar surface area (TPSA) is 82.4 Å². The van der Waals surface area contributed by atoms with Crippen molar-refractivity contribution in [2.45, 2.75) is 13.5 Å². The fourth-order valence-corrected chi connectivity index (χ4v) is 3.19. The third kappa shape index (κ3) is 6.75. The maximum absolute atomic E-state index is 11.8. The zero-order valence-corrected chi connectivity index (χ0v) is 18.1. The normalized spacial score (nSPS) is 11.1. The maximum Gasteiger partial charge on any atom is 0.331 e. The summed E-state index contributed by atoms with van der Waals surface area (Å²) in [5.41, 5.74) is 1.85. The molecule has 0 unspecified atom stereocenters. The highest BCUT2D eigenvalue weighted by molar-refractivity contribution is 6.36. The van der Waals surface area contributed by atoms with Crippen molar-refractivity contribution in [3.63, 3.8) is 0 Å². The van der Waals surface area contributed by atoms with Crippen LogP contribution in [0, 0.1) is 6.92 Å². The number of amides is 1. The molecule has 0 spiro atoms. The minimum Gasteiger partial charge on any atom is -0.452 e. The average Bonchev–Trinajstić information content (AvgIpc) is 2.94. The van der Waals surface area contributed by atoms with Gasteiger partial charge in [-0.15, -0.1) is 0 Å². The van der Waals surface area contributed by atoms with Crippen molar-refractivity contribution in [2.75, 3.05) is 26.9 Å². The molecule has 1 amide bonds. The molecule has 0 aliphatic carbocycles. The Morgan fingerprint density at radius 3 is 2.59 bits per heavy atom. The highest BCUT2D eigenvalue weighted by Gasteiger charge is 2.15. The second-order valence-corrected chi connectivity index (χ2v) is 7.10. The van der Waals surface area contributed by atoms with E-state index in [9.17, 15) is 9.59 Å². The Bertz CT molecular complexity index is 892. The molecule has 0 radical (unpaired) electrons. The van der Waals surface area contributed by atoms with Crippen molar-refractivity contribution < 1.29 is 19.1 Å². The van der Waals surface area contributed by atoms with Gasteiger partial charge in [0.2, 0.25) is 0 Å². The van der Waals surface area contributed by atoms with Crippen LogP contribution in [0.4, 0.5) is 0 Å². The molecule has 0 saturated carbocycles. The van der Waals surface area contributed by atoms with Crippen LogP contribution in [0.5, 0.6) is 0 Å². The van der Waals surface area contributed by atoms with E-state index in [0.717, 1.165) is 0 Å². The second-order valence-electron chi connectivity index (χ2n) is 5.93. The Kier molecular flexibility index (Phi) is 8.98. The molecule has 0 aliphatic heterocycles. The van der Waals surface area contributed by atoms with Gasteiger partial charge in [-0.25, -0.2) is 9.48 Å². The lowest BCUT2D eigenvalue weighted by molar-refractivity contribution is -0.143. The standard InChI is InChI=1S/C19H20Cl3N3O4/c1-12-13(6-7-18(27)29-11-17(26)23-8-9-28-2)19(22)25(24-12)10-14-15(20)4-3-5-16(14)21/h3-7H,8-11H2,1-2H3,(H,23,26)/b7-6+. The largest absolute Gasteiger partial charge is 0.452 e. The van der Waals surface area contributed by atoms with Gasteiger partial charge in [-0.1, -0.05) is 40.9 Å². The number of benzene rings is 1. The second kappa shape index (κ2) is 11.2. The monoisotopic (exact) mass is 459 g/mol. The number of esters is 1. The summed E-state index contributed by atoms with van der Waals surface area (Å²) in [6, 6.07) is 5.21. The highest BCUT2D eigenvalue weighted by Crippen LogP contribution is 2.28. The lowest BCUT2D eigenvalue weighted by Gasteiger charge is -2.08. The smallest absolute Gasteiger partial charge is 0.331 e. The van der Waals surface area contributed by atoms with Crippen molar-refractivity contribution >= 4 is 52.8 Å². The first-order valence-corrected chi connectivity index (χ1v) is 9.73. The molecule has 0 atom stereocenters. The molecular formula is C19H20Cl3N3O4. The number of hydrogen-bond acceptors (Lipinski definition) is 5. The fraction of sp³-hybridized carbons (Fsp3) is 0.316. The van der Waals surface area contributed by atoms with E-state index in [1.54, 1.807) is 25.1 Å². The number of nitrogens with zero attached hydrogens (tertiary/aromatic N) is 2. The lowest BCUT2D eigenvalue weighted by atomic mass is 10.2. The molecule has 0 aliphatic rings. The number of aromatic nitrogens is 2. The van der Waals surface area contributed by atoms with Gasteiger partial charge in [0.25, 0.3) is 5.91 Å². The Labute approximate surface area is 183 Å². The van der Waals surface area contributed by atoms with Crippen molar-refractivity contribution in [3.05, 3.63) is 56.3 Å². The molecule has 1 N–H and O–H groups in total. The summed E-state index contributed by atoms with van der Waals surface area (Å²) in [6.07, 6.45) is 2.67. The van der Waals surface area contributed by atoms with Crippen molar-refractivity contribution in [2.24, 2.45) is 0 Å². The quantitative estimate of drug-likeness (QED) is 0.352. The van der Waals surface area contributed by atoms with Gasteiger partial charge in [0.1, 0.15) is 5.15 Å². The van der Waals surface area contributed by atoms with E-state index in [2.05, 4.69) is 10.4 Å². The summed E-state index contributed by atoms with van der Waals surface area (Å²) in [6.45, 7) is 2.36. The van der Waals surface area contributed by atoms with Gasteiger partial charge in [0.05, 0.1) is 18.8 Å². The first-order valence-electron chi connectivity index (χ1n) is 8.59. The van der Waals surface area contributed by atoms with E-state index >= 15 is 0 Å². The maximum atomic E-state index is 11.8. The molecule has 29 heavy (non-hydrogen) atoms. The molecule has 0 fully saturated rings. The van der Waals surface area contributed by atoms with Gasteiger partial charge >= 0.3 is 5.97 Å². The minimum atomic E-state index is -0.677. The van der Waals surface area contributed by atoms with Crippen LogP contribution in [0.25, 0.3) is 6.08 Å². The predicted molar refractivity (Wildman–Crippen MR) is 112 cm³/mol. The van der Waals surface area contributed by atoms with Gasteiger partial charge in [0.15, 0.2) is 6.61 Å². The number of ether oxygens (including phenoxy) is 2. The molecule has 2 aromatic rings. The van der Waals surface area contributed by atoms with Crippen LogP contribution < -0.4 is 5.32 Å². The highest BCUT2D eigenvalue weighted by atomic mass is 35.5. The zero-order valence-electron chi connectivity index (χ0n) is 15.9. The van der Waals surface area contributed by atoms with Gasteiger partial charge in [-0.2, -0.15) is 5.10 Å². The molecule has 0 saturated heterocycles. The van der Waals surface area contributed by atoms with E-state index in [-0.39, 0.29) is 13.2 Å². The van der Waals surface area contributed by atoms with Gasteiger partial charge in [-0.3, -0.25) is 4.79 Å². The number of methoxy groups -OCH3 is 1. The van der Waals surface area contributed by atoms with Crippen LogP contribution in [-0.4, -0.2) is 48.5 Å². The van der Waals surface area contributed by atoms with E-state index < -0.39 is 11.9 Å². The number of hydrogen-bond donors (Lipinski definition) is 1. The molecule has 156 valence electrons. The Hall–Kier alpha value is -2.06. The first kappa shape index (κ1) is 23.2. The van der Waals surface area contributed by atoms with Crippen molar-refractivity contribution in [1.82, 2.24) is 15.1 Å². The number of rotatable bonds is 9. The van der Waals surface area contributed by atoms with E-state index in [4.69, 9.17) is 44.3 Å². The summed E-state index contributed by atoms with van der Waals surface area (Å²) >= 11 is 18.8. The van der Waals surface area contributed by atoms with Crippen LogP contribution in [0.1, 0.15) is 16.8 Å². The third-order valence-corrected chi connectivity index (χ3v) is 4.95. The van der Waals surface area contributed by atoms with Crippen LogP contribution in [-0.2, 0) is 25.6 Å². The number of halogens is 3. The summed E-state index contributed by atoms with van der Waals surface area (Å²) in [5.74, 6) is -1.09. The van der Waals surface area contributed by atoms with Crippen LogP contribution in [0.3, 0.4) is 0 Å². The van der Waals surface area contributed by atoms with E-state index in [1.165, 1.54) is 23.9 Å². The summed E-state index contributed by atoms with van der Waals surface area (Å²) in [5, 5.41) is 8.25. The van der Waals surface area contributed by atoms with Crippen LogP contribution in [0.2, 0.25) is 15.2 Å². The summed E-state index contributed by atoms with van der Waals surface area (Å²) < 4.78 is 11.2. The zero-order chi connectivity index (χ0) is 21.4. The van der Waals surface area contributed by atoms with Crippen molar-refractivity contribution in [3.8, 4) is 0 Å². The van der Waals surface area contributed by atoms with Crippen molar-refractivity contribution in [1.29, 1.82) is 0 Å². The summed E-state index contributed by atoms with van der Waals surface area (Å²) in [4.78, 5) is 23.4. The molecule has 0 bridgehead atoms. The Morgan fingerprint density at radius 2 is 1.93 bits per heavy atom. The summed E-state index contributed by atoms with van der Waals surface area (Å²) in [7, 11) is 1.52. The number of nitrogens with one attached hydrogen (secondary N) is 1. The SMILES string of the molecule is COCCNC(=O)COC(=O)/C=C/c1c(C)nn(Cc2c(Cl)cccc2Cl)c1Cl. The fourth-order valence-electron chi connectivity index (χ4n) is 2.37. The van der Waals surface area contributed by atoms with Gasteiger partial charge in [0, 0.05) is 40.9 Å². The Morgan fingerprint density at radius 1 is 1.24 bits per heavy atom. The van der Waals surface area contributed by atoms with Gasteiger partial charge < -0.3 is 14.8 Å². The number of aryl methyl sites for hydroxylation is 1. The van der Waals surface area contributed by atoms with Gasteiger partial charge in [-0.05, 0) is 25.1 Å². The molecule has 1 heterocycles. The molecule has 1 aromatic heterocycles. The average molecular weight is 461 g/mol. The van der Waals surface area contributed by atoms with E-state index in [0.29, 0.717) is 45.2 Å². The molecule has 2 rings (SSSR count). The first-order chi connectivity index (χ1) is 13.8. The minimum absolute atomic E-state index is 0.276. The number of carbonyl (C=O) groups excluding carboxylic acids is 2. The predicted octanol–water partition coefficient (Wildman–Crippen LogP) is 3.52. The Balaban J connectivity index is 2.01. The molecule has 1 aromatic carbocycles. The molecule has 7 nitrogen and oxygen atoms in total. The molecule has 10 heteroatoms. The van der Waals surface area contributed by atoms with Crippen LogP contribution in [0.15, 0.2) is 24.3 Å². The third-order valence-electron chi connectivity index (χ3n) is 3.84. The lowest BCUT2D eigenvalue weighted by Crippen LogP contribution is -2.31. The number of carbonyl (C=O) groups is 2. The van der Waals surface area contributed by atoms with E-state index in [1.807, 2.05) is 0 Å². The van der Waals surface area contributed by atoms with Crippen LogP contribution >= 0.6 is 34.8 Å². The molecular weight excluding hydrogens is 441 g/mol.